The summed E-state index contributed by atoms with van der Waals surface area (Å²) in [5, 5.41) is 8.75. The third kappa shape index (κ3) is 3.68. The summed E-state index contributed by atoms with van der Waals surface area (Å²) in [5.74, 6) is -0.400. The van der Waals surface area contributed by atoms with Crippen LogP contribution in [0.4, 0.5) is 0 Å². The van der Waals surface area contributed by atoms with E-state index in [-0.39, 0.29) is 12.4 Å². The lowest BCUT2D eigenvalue weighted by Gasteiger charge is -2.09. The van der Waals surface area contributed by atoms with Gasteiger partial charge in [0.05, 0.1) is 19.8 Å². The summed E-state index contributed by atoms with van der Waals surface area (Å²) in [6.45, 7) is 0. The summed E-state index contributed by atoms with van der Waals surface area (Å²) in [5.41, 5.74) is 2.54. The molecule has 0 aliphatic heterocycles. The van der Waals surface area contributed by atoms with Crippen LogP contribution in [0.15, 0.2) is 30.5 Å². The van der Waals surface area contributed by atoms with E-state index < -0.39 is 5.97 Å². The fraction of sp³-hybridized carbons (Fsp3) is 0.267. The molecule has 0 bridgehead atoms. The van der Waals surface area contributed by atoms with Crippen molar-refractivity contribution >= 4 is 5.97 Å². The van der Waals surface area contributed by atoms with Gasteiger partial charge >= 0.3 is 12.0 Å². The minimum Gasteiger partial charge on any atom is -0.481 e. The monoisotopic (exact) mass is 288 g/mol. The number of methoxy groups -OCH3 is 2. The Balaban J connectivity index is 2.33. The second-order valence-electron chi connectivity index (χ2n) is 4.37. The fourth-order valence-electron chi connectivity index (χ4n) is 1.95. The number of aryl methyl sites for hydroxylation is 1. The van der Waals surface area contributed by atoms with Gasteiger partial charge in [-0.1, -0.05) is 24.3 Å². The van der Waals surface area contributed by atoms with Gasteiger partial charge in [0, 0.05) is 12.6 Å². The van der Waals surface area contributed by atoms with Crippen molar-refractivity contribution in [1.29, 1.82) is 0 Å². The number of nitrogens with zero attached hydrogens (tertiary/aromatic N) is 2. The molecule has 0 atom stereocenters. The molecular formula is C15H16N2O4. The molecule has 0 saturated heterocycles. The highest BCUT2D eigenvalue weighted by molar-refractivity contribution is 5.69. The van der Waals surface area contributed by atoms with E-state index in [1.165, 1.54) is 14.2 Å². The van der Waals surface area contributed by atoms with E-state index in [9.17, 15) is 4.79 Å². The first-order valence-corrected chi connectivity index (χ1v) is 6.40. The molecule has 0 aliphatic rings. The molecule has 0 unspecified atom stereocenters. The molecule has 6 heteroatoms. The molecule has 1 heterocycles. The predicted octanol–water partition coefficient (Wildman–Crippen LogP) is 2.18. The highest BCUT2D eigenvalue weighted by atomic mass is 16.5. The summed E-state index contributed by atoms with van der Waals surface area (Å²) >= 11 is 0. The maximum Gasteiger partial charge on any atom is 0.319 e. The molecule has 1 N–H and O–H groups in total. The van der Waals surface area contributed by atoms with E-state index >= 15 is 0 Å². The van der Waals surface area contributed by atoms with Gasteiger partial charge in [-0.05, 0) is 17.5 Å². The van der Waals surface area contributed by atoms with E-state index in [1.54, 1.807) is 6.20 Å². The second kappa shape index (κ2) is 6.69. The lowest BCUT2D eigenvalue weighted by atomic mass is 10.0. The number of aromatic nitrogens is 2. The van der Waals surface area contributed by atoms with Crippen LogP contribution in [0.5, 0.6) is 11.9 Å². The van der Waals surface area contributed by atoms with Crippen LogP contribution in [0.1, 0.15) is 12.0 Å². The zero-order valence-electron chi connectivity index (χ0n) is 11.9. The first-order valence-electron chi connectivity index (χ1n) is 6.40. The lowest BCUT2D eigenvalue weighted by Crippen LogP contribution is -1.99. The first-order chi connectivity index (χ1) is 10.1. The van der Waals surface area contributed by atoms with Crippen LogP contribution in [0.3, 0.4) is 0 Å². The highest BCUT2D eigenvalue weighted by Crippen LogP contribution is 2.29. The average molecular weight is 288 g/mol. The zero-order chi connectivity index (χ0) is 15.2. The minimum absolute atomic E-state index is 0.0969. The summed E-state index contributed by atoms with van der Waals surface area (Å²) in [6.07, 6.45) is 2.20. The van der Waals surface area contributed by atoms with Gasteiger partial charge in [-0.2, -0.15) is 4.98 Å². The molecule has 1 aromatic carbocycles. The topological polar surface area (TPSA) is 81.5 Å². The van der Waals surface area contributed by atoms with Crippen molar-refractivity contribution in [2.75, 3.05) is 14.2 Å². The molecule has 0 saturated carbocycles. The van der Waals surface area contributed by atoms with Crippen molar-refractivity contribution < 1.29 is 19.4 Å². The van der Waals surface area contributed by atoms with Crippen molar-refractivity contribution in [2.45, 2.75) is 12.8 Å². The Morgan fingerprint density at radius 2 is 2.10 bits per heavy atom. The quantitative estimate of drug-likeness (QED) is 0.877. The van der Waals surface area contributed by atoms with Crippen molar-refractivity contribution in [3.8, 4) is 23.0 Å². The third-order valence-corrected chi connectivity index (χ3v) is 2.97. The Bertz CT molecular complexity index is 643. The van der Waals surface area contributed by atoms with Gasteiger partial charge in [0.15, 0.2) is 0 Å². The molecule has 1 aromatic heterocycles. The van der Waals surface area contributed by atoms with E-state index in [4.69, 9.17) is 14.6 Å². The molecule has 6 nitrogen and oxygen atoms in total. The van der Waals surface area contributed by atoms with E-state index in [1.807, 2.05) is 24.3 Å². The largest absolute Gasteiger partial charge is 0.481 e. The molecule has 0 amide bonds. The molecule has 110 valence electrons. The Kier molecular flexibility index (Phi) is 4.71. The number of ether oxygens (including phenoxy) is 2. The van der Waals surface area contributed by atoms with Gasteiger partial charge in [0.1, 0.15) is 0 Å². The number of carboxylic acid groups (broad SMARTS) is 1. The molecule has 0 radical (unpaired) electrons. The molecule has 2 rings (SSSR count). The molecule has 0 fully saturated rings. The summed E-state index contributed by atoms with van der Waals surface area (Å²) in [7, 11) is 3.01. The van der Waals surface area contributed by atoms with E-state index in [2.05, 4.69) is 9.97 Å². The van der Waals surface area contributed by atoms with Gasteiger partial charge in [-0.15, -0.1) is 0 Å². The number of benzene rings is 1. The van der Waals surface area contributed by atoms with Gasteiger partial charge < -0.3 is 14.6 Å². The Morgan fingerprint density at radius 1 is 1.29 bits per heavy atom. The highest BCUT2D eigenvalue weighted by Gasteiger charge is 2.11. The molecule has 0 spiro atoms. The van der Waals surface area contributed by atoms with Crippen molar-refractivity contribution in [1.82, 2.24) is 9.97 Å². The number of rotatable bonds is 6. The van der Waals surface area contributed by atoms with Gasteiger partial charge in [-0.3, -0.25) is 4.79 Å². The normalized spacial score (nSPS) is 10.2. The standard InChI is InChI=1S/C15H16N2O4/c1-20-14-12(9-16-15(17-14)21-2)11-5-3-4-10(8-11)6-7-13(18)19/h3-5,8-9H,6-7H2,1-2H3,(H,18,19). The SMILES string of the molecule is COc1ncc(-c2cccc(CCC(=O)O)c2)c(OC)n1. The molecule has 2 aromatic rings. The zero-order valence-corrected chi connectivity index (χ0v) is 11.9. The van der Waals surface area contributed by atoms with Crippen LogP contribution >= 0.6 is 0 Å². The number of carbonyl (C=O) groups is 1. The molecule has 21 heavy (non-hydrogen) atoms. The van der Waals surface area contributed by atoms with E-state index in [0.29, 0.717) is 12.3 Å². The number of hydrogen-bond acceptors (Lipinski definition) is 5. The van der Waals surface area contributed by atoms with Crippen molar-refractivity contribution in [3.05, 3.63) is 36.0 Å². The van der Waals surface area contributed by atoms with Crippen LogP contribution in [-0.4, -0.2) is 35.3 Å². The Labute approximate surface area is 122 Å². The van der Waals surface area contributed by atoms with Crippen molar-refractivity contribution in [3.63, 3.8) is 0 Å². The number of hydrogen-bond donors (Lipinski definition) is 1. The minimum atomic E-state index is -0.814. The van der Waals surface area contributed by atoms with Crippen LogP contribution in [0, 0.1) is 0 Å². The summed E-state index contributed by atoms with van der Waals surface area (Å²) in [4.78, 5) is 18.9. The fourth-order valence-corrected chi connectivity index (χ4v) is 1.95. The van der Waals surface area contributed by atoms with Gasteiger partial charge in [-0.25, -0.2) is 4.98 Å². The molecule has 0 aliphatic carbocycles. The van der Waals surface area contributed by atoms with Crippen molar-refractivity contribution in [2.24, 2.45) is 0 Å². The van der Waals surface area contributed by atoms with Crippen LogP contribution < -0.4 is 9.47 Å². The van der Waals surface area contributed by atoms with Crippen LogP contribution in [0.2, 0.25) is 0 Å². The Hall–Kier alpha value is -2.63. The summed E-state index contributed by atoms with van der Waals surface area (Å²) < 4.78 is 10.2. The number of carboxylic acids is 1. The van der Waals surface area contributed by atoms with Gasteiger partial charge in [0.25, 0.3) is 0 Å². The summed E-state index contributed by atoms with van der Waals surface area (Å²) in [6, 6.07) is 7.81. The van der Waals surface area contributed by atoms with E-state index in [0.717, 1.165) is 16.7 Å². The average Bonchev–Trinajstić information content (AvgIpc) is 2.52. The van der Waals surface area contributed by atoms with Crippen LogP contribution in [-0.2, 0) is 11.2 Å². The maximum absolute atomic E-state index is 10.6. The molecular weight excluding hydrogens is 272 g/mol. The first kappa shape index (κ1) is 14.8. The third-order valence-electron chi connectivity index (χ3n) is 2.97. The maximum atomic E-state index is 10.6. The van der Waals surface area contributed by atoms with Gasteiger partial charge in [0.2, 0.25) is 5.88 Å². The smallest absolute Gasteiger partial charge is 0.319 e. The Morgan fingerprint density at radius 3 is 2.76 bits per heavy atom. The lowest BCUT2D eigenvalue weighted by molar-refractivity contribution is -0.136. The van der Waals surface area contributed by atoms with Crippen LogP contribution in [0.25, 0.3) is 11.1 Å². The number of aliphatic carboxylic acids is 1. The second-order valence-corrected chi connectivity index (χ2v) is 4.37. The predicted molar refractivity (Wildman–Crippen MR) is 76.5 cm³/mol.